The minimum atomic E-state index is -3.50. The third-order valence-corrected chi connectivity index (χ3v) is 7.56. The van der Waals surface area contributed by atoms with Crippen LogP contribution in [-0.4, -0.2) is 36.3 Å². The molecule has 0 aromatic heterocycles. The molecule has 7 heteroatoms. The van der Waals surface area contributed by atoms with E-state index in [0.717, 1.165) is 11.3 Å². The smallest absolute Gasteiger partial charge is 0.207 e. The van der Waals surface area contributed by atoms with E-state index >= 15 is 0 Å². The number of nitrogens with zero attached hydrogens (tertiary/aromatic N) is 1. The molecule has 0 spiro atoms. The molecule has 0 amide bonds. The lowest BCUT2D eigenvalue weighted by atomic mass is 10.2. The van der Waals surface area contributed by atoms with Crippen molar-refractivity contribution in [2.24, 2.45) is 0 Å². The maximum Gasteiger partial charge on any atom is 0.243 e. The van der Waals surface area contributed by atoms with Crippen LogP contribution in [0.5, 0.6) is 0 Å². The van der Waals surface area contributed by atoms with E-state index in [0.29, 0.717) is 11.6 Å². The van der Waals surface area contributed by atoms with Gasteiger partial charge in [-0.3, -0.25) is 0 Å². The Kier molecular flexibility index (Phi) is 5.29. The SMILES string of the molecule is CC1SCCN(S(=O)(=O)c2ccc(CCl)c(Cl)c2)C1C. The Labute approximate surface area is 134 Å². The third-order valence-electron chi connectivity index (χ3n) is 3.60. The topological polar surface area (TPSA) is 37.4 Å². The molecule has 3 nitrogen and oxygen atoms in total. The fourth-order valence-corrected chi connectivity index (χ4v) is 5.81. The second-order valence-corrected chi connectivity index (χ2v) is 8.87. The van der Waals surface area contributed by atoms with Gasteiger partial charge in [-0.15, -0.1) is 11.6 Å². The lowest BCUT2D eigenvalue weighted by molar-refractivity contribution is 0.340. The molecular weight excluding hydrogens is 337 g/mol. The number of alkyl halides is 1. The number of rotatable bonds is 3. The van der Waals surface area contributed by atoms with Crippen LogP contribution >= 0.6 is 35.0 Å². The van der Waals surface area contributed by atoms with Crippen molar-refractivity contribution >= 4 is 45.0 Å². The molecule has 2 rings (SSSR count). The van der Waals surface area contributed by atoms with Gasteiger partial charge in [0.2, 0.25) is 10.0 Å². The quantitative estimate of drug-likeness (QED) is 0.779. The van der Waals surface area contributed by atoms with E-state index in [9.17, 15) is 8.42 Å². The van der Waals surface area contributed by atoms with Crippen molar-refractivity contribution < 1.29 is 8.42 Å². The van der Waals surface area contributed by atoms with Crippen LogP contribution in [0.1, 0.15) is 19.4 Å². The minimum absolute atomic E-state index is 0.0229. The van der Waals surface area contributed by atoms with Gasteiger partial charge in [0.25, 0.3) is 0 Å². The summed E-state index contributed by atoms with van der Waals surface area (Å²) in [6.07, 6.45) is 0. The zero-order valence-electron chi connectivity index (χ0n) is 11.3. The Balaban J connectivity index is 2.37. The average molecular weight is 354 g/mol. The van der Waals surface area contributed by atoms with Gasteiger partial charge < -0.3 is 0 Å². The lowest BCUT2D eigenvalue weighted by Crippen LogP contribution is -2.47. The van der Waals surface area contributed by atoms with Crippen LogP contribution < -0.4 is 0 Å². The first-order valence-electron chi connectivity index (χ1n) is 6.35. The van der Waals surface area contributed by atoms with Crippen molar-refractivity contribution in [1.29, 1.82) is 0 Å². The molecule has 0 radical (unpaired) electrons. The van der Waals surface area contributed by atoms with Gasteiger partial charge in [-0.1, -0.05) is 24.6 Å². The molecule has 1 fully saturated rings. The largest absolute Gasteiger partial charge is 0.243 e. The van der Waals surface area contributed by atoms with Gasteiger partial charge >= 0.3 is 0 Å². The normalized spacial score (nSPS) is 24.8. The van der Waals surface area contributed by atoms with Crippen LogP contribution in [0.25, 0.3) is 0 Å². The van der Waals surface area contributed by atoms with E-state index in [-0.39, 0.29) is 22.1 Å². The van der Waals surface area contributed by atoms with Crippen molar-refractivity contribution in [1.82, 2.24) is 4.31 Å². The highest BCUT2D eigenvalue weighted by Crippen LogP contribution is 2.31. The van der Waals surface area contributed by atoms with Crippen LogP contribution in [0.15, 0.2) is 23.1 Å². The molecule has 112 valence electrons. The van der Waals surface area contributed by atoms with E-state index in [2.05, 4.69) is 6.92 Å². The van der Waals surface area contributed by atoms with Gasteiger partial charge in [0.1, 0.15) is 0 Å². The minimum Gasteiger partial charge on any atom is -0.207 e. The van der Waals surface area contributed by atoms with Crippen LogP contribution in [0.2, 0.25) is 5.02 Å². The maximum absolute atomic E-state index is 12.7. The Morgan fingerprint density at radius 1 is 1.40 bits per heavy atom. The van der Waals surface area contributed by atoms with Gasteiger partial charge in [-0.2, -0.15) is 16.1 Å². The standard InChI is InChI=1S/C13H17Cl2NO2S2/c1-9-10(2)19-6-5-16(9)20(17,18)12-4-3-11(8-14)13(15)7-12/h3-4,7,9-10H,5-6,8H2,1-2H3. The summed E-state index contributed by atoms with van der Waals surface area (Å²) < 4.78 is 27.0. The Hall–Kier alpha value is 0.0600. The summed E-state index contributed by atoms with van der Waals surface area (Å²) in [5.74, 6) is 1.09. The average Bonchev–Trinajstić information content (AvgIpc) is 2.41. The summed E-state index contributed by atoms with van der Waals surface area (Å²) in [4.78, 5) is 0.238. The summed E-state index contributed by atoms with van der Waals surface area (Å²) in [6.45, 7) is 4.54. The fraction of sp³-hybridized carbons (Fsp3) is 0.538. The molecule has 0 N–H and O–H groups in total. The van der Waals surface area contributed by atoms with Crippen molar-refractivity contribution in [2.75, 3.05) is 12.3 Å². The molecule has 0 saturated carbocycles. The number of halogens is 2. The molecule has 20 heavy (non-hydrogen) atoms. The molecule has 0 bridgehead atoms. The zero-order valence-corrected chi connectivity index (χ0v) is 14.5. The first-order chi connectivity index (χ1) is 9.37. The van der Waals surface area contributed by atoms with Gasteiger partial charge in [0, 0.05) is 34.5 Å². The Morgan fingerprint density at radius 3 is 2.70 bits per heavy atom. The monoisotopic (exact) mass is 353 g/mol. The molecule has 1 saturated heterocycles. The summed E-state index contributed by atoms with van der Waals surface area (Å²) in [7, 11) is -3.50. The summed E-state index contributed by atoms with van der Waals surface area (Å²) in [5, 5.41) is 0.685. The van der Waals surface area contributed by atoms with Crippen LogP contribution in [0.3, 0.4) is 0 Å². The van der Waals surface area contributed by atoms with Crippen molar-refractivity contribution in [3.05, 3.63) is 28.8 Å². The first-order valence-corrected chi connectivity index (χ1v) is 9.76. The van der Waals surface area contributed by atoms with Crippen LogP contribution in [0, 0.1) is 0 Å². The zero-order chi connectivity index (χ0) is 14.9. The van der Waals surface area contributed by atoms with Gasteiger partial charge in [-0.05, 0) is 24.6 Å². The summed E-state index contributed by atoms with van der Waals surface area (Å²) >= 11 is 13.6. The van der Waals surface area contributed by atoms with E-state index < -0.39 is 10.0 Å². The highest BCUT2D eigenvalue weighted by atomic mass is 35.5. The van der Waals surface area contributed by atoms with E-state index in [1.165, 1.54) is 6.07 Å². The Bertz CT molecular complexity index is 592. The molecule has 2 atom stereocenters. The molecule has 1 heterocycles. The van der Waals surface area contributed by atoms with Gasteiger partial charge in [0.15, 0.2) is 0 Å². The van der Waals surface area contributed by atoms with Crippen molar-refractivity contribution in [2.45, 2.75) is 35.9 Å². The summed E-state index contributed by atoms with van der Waals surface area (Å²) in [5.41, 5.74) is 0.739. The number of benzene rings is 1. The Morgan fingerprint density at radius 2 is 2.10 bits per heavy atom. The van der Waals surface area contributed by atoms with Gasteiger partial charge in [-0.25, -0.2) is 8.42 Å². The van der Waals surface area contributed by atoms with E-state index in [1.807, 2.05) is 6.92 Å². The van der Waals surface area contributed by atoms with Crippen LogP contribution in [0.4, 0.5) is 0 Å². The first kappa shape index (κ1) is 16.4. The summed E-state index contributed by atoms with van der Waals surface area (Å²) in [6, 6.07) is 4.73. The highest BCUT2D eigenvalue weighted by molar-refractivity contribution is 8.00. The maximum atomic E-state index is 12.7. The molecule has 0 aliphatic carbocycles. The molecule has 1 aromatic carbocycles. The molecule has 2 unspecified atom stereocenters. The van der Waals surface area contributed by atoms with E-state index in [4.69, 9.17) is 23.2 Å². The number of sulfonamides is 1. The second-order valence-electron chi connectivity index (χ2n) is 4.82. The van der Waals surface area contributed by atoms with Crippen LogP contribution in [-0.2, 0) is 15.9 Å². The van der Waals surface area contributed by atoms with E-state index in [1.54, 1.807) is 28.2 Å². The number of hydrogen-bond acceptors (Lipinski definition) is 3. The predicted octanol–water partition coefficient (Wildman–Crippen LogP) is 3.59. The number of hydrogen-bond donors (Lipinski definition) is 0. The van der Waals surface area contributed by atoms with Gasteiger partial charge in [0.05, 0.1) is 4.90 Å². The van der Waals surface area contributed by atoms with Crippen molar-refractivity contribution in [3.63, 3.8) is 0 Å². The predicted molar refractivity (Wildman–Crippen MR) is 86.3 cm³/mol. The molecule has 1 aliphatic heterocycles. The lowest BCUT2D eigenvalue weighted by Gasteiger charge is -2.36. The molecule has 1 aromatic rings. The second kappa shape index (κ2) is 6.44. The van der Waals surface area contributed by atoms with Crippen molar-refractivity contribution in [3.8, 4) is 0 Å². The molecule has 1 aliphatic rings. The highest BCUT2D eigenvalue weighted by Gasteiger charge is 2.35. The third kappa shape index (κ3) is 3.12. The molecular formula is C13H17Cl2NO2S2. The fourth-order valence-electron chi connectivity index (χ4n) is 2.18. The number of thioether (sulfide) groups is 1.